The van der Waals surface area contributed by atoms with Gasteiger partial charge >= 0.3 is 5.97 Å². The molecule has 2 atom stereocenters. The molecule has 0 bridgehead atoms. The van der Waals surface area contributed by atoms with Gasteiger partial charge in [-0.05, 0) is 84.3 Å². The van der Waals surface area contributed by atoms with Crippen molar-refractivity contribution in [1.82, 2.24) is 10.2 Å². The van der Waals surface area contributed by atoms with Crippen LogP contribution in [0.4, 0.5) is 8.78 Å². The van der Waals surface area contributed by atoms with Gasteiger partial charge in [-0.3, -0.25) is 4.79 Å². The fourth-order valence-electron chi connectivity index (χ4n) is 5.22. The molecule has 4 rings (SSSR count). The molecule has 0 radical (unpaired) electrons. The van der Waals surface area contributed by atoms with Crippen molar-refractivity contribution in [1.29, 1.82) is 0 Å². The molecular weight excluding hydrogens is 572 g/mol. The van der Waals surface area contributed by atoms with Crippen molar-refractivity contribution in [2.45, 2.75) is 51.8 Å². The summed E-state index contributed by atoms with van der Waals surface area (Å²) >= 11 is 0. The van der Waals surface area contributed by atoms with Gasteiger partial charge in [-0.2, -0.15) is 0 Å². The van der Waals surface area contributed by atoms with Crippen LogP contribution in [0.1, 0.15) is 55.5 Å². The number of ether oxygens (including phenoxy) is 1. The lowest BCUT2D eigenvalue weighted by molar-refractivity contribution is 0.0238. The molecule has 0 fully saturated rings. The number of likely N-dealkylation sites (N-methyl/N-ethyl adjacent to an activating group) is 1. The summed E-state index contributed by atoms with van der Waals surface area (Å²) in [6.45, 7) is 5.14. The van der Waals surface area contributed by atoms with Crippen LogP contribution < -0.4 is 11.1 Å². The van der Waals surface area contributed by atoms with Crippen molar-refractivity contribution in [3.8, 4) is 0 Å². The fraction of sp³-hybridized carbons (Fsp3) is 0.297. The summed E-state index contributed by atoms with van der Waals surface area (Å²) < 4.78 is 33.7. The highest BCUT2D eigenvalue weighted by Crippen LogP contribution is 2.17. The van der Waals surface area contributed by atoms with Crippen LogP contribution in [0.15, 0.2) is 91.0 Å². The molecule has 0 aliphatic rings. The van der Waals surface area contributed by atoms with E-state index < -0.39 is 29.7 Å². The van der Waals surface area contributed by atoms with E-state index in [1.165, 1.54) is 23.8 Å². The molecule has 6 nitrogen and oxygen atoms in total. The van der Waals surface area contributed by atoms with E-state index in [1.54, 1.807) is 24.1 Å². The molecule has 45 heavy (non-hydrogen) atoms. The molecule has 0 aliphatic carbocycles. The summed E-state index contributed by atoms with van der Waals surface area (Å²) in [7, 11) is 1.73. The van der Waals surface area contributed by atoms with Gasteiger partial charge in [0.05, 0.1) is 5.56 Å². The average Bonchev–Trinajstić information content (AvgIpc) is 3.02. The Hall–Kier alpha value is -4.40. The number of benzene rings is 4. The first-order chi connectivity index (χ1) is 21.6. The van der Waals surface area contributed by atoms with Crippen LogP contribution in [0.5, 0.6) is 0 Å². The number of hydrogen-bond acceptors (Lipinski definition) is 5. The van der Waals surface area contributed by atoms with E-state index in [1.807, 2.05) is 49.4 Å². The molecule has 4 aromatic rings. The van der Waals surface area contributed by atoms with Gasteiger partial charge in [-0.1, -0.05) is 61.5 Å². The quantitative estimate of drug-likeness (QED) is 0.170. The lowest BCUT2D eigenvalue weighted by Crippen LogP contribution is -2.46. The van der Waals surface area contributed by atoms with E-state index in [-0.39, 0.29) is 24.4 Å². The van der Waals surface area contributed by atoms with Gasteiger partial charge in [0.15, 0.2) is 0 Å². The summed E-state index contributed by atoms with van der Waals surface area (Å²) in [4.78, 5) is 28.4. The van der Waals surface area contributed by atoms with Gasteiger partial charge < -0.3 is 20.7 Å². The van der Waals surface area contributed by atoms with Gasteiger partial charge in [0.25, 0.3) is 5.91 Å². The van der Waals surface area contributed by atoms with Crippen LogP contribution in [0.3, 0.4) is 0 Å². The summed E-state index contributed by atoms with van der Waals surface area (Å²) in [5.74, 6) is -2.25. The molecule has 3 N–H and O–H groups in total. The van der Waals surface area contributed by atoms with Crippen LogP contribution in [0.2, 0.25) is 0 Å². The smallest absolute Gasteiger partial charge is 0.338 e. The van der Waals surface area contributed by atoms with Crippen LogP contribution in [0, 0.1) is 18.6 Å². The van der Waals surface area contributed by atoms with Crippen LogP contribution in [-0.2, 0) is 30.5 Å². The number of rotatable bonds is 14. The molecule has 1 amide bonds. The van der Waals surface area contributed by atoms with E-state index in [2.05, 4.69) is 24.4 Å². The highest BCUT2D eigenvalue weighted by atomic mass is 19.1. The predicted octanol–water partition coefficient (Wildman–Crippen LogP) is 6.04. The topological polar surface area (TPSA) is 84.7 Å². The average molecular weight is 614 g/mol. The maximum atomic E-state index is 13.9. The van der Waals surface area contributed by atoms with Crippen molar-refractivity contribution in [3.63, 3.8) is 0 Å². The Balaban J connectivity index is 1.48. The minimum absolute atomic E-state index is 0.0867. The van der Waals surface area contributed by atoms with E-state index >= 15 is 0 Å². The molecule has 0 saturated carbocycles. The zero-order valence-corrected chi connectivity index (χ0v) is 26.1. The van der Waals surface area contributed by atoms with E-state index in [0.29, 0.717) is 30.6 Å². The Labute approximate surface area is 264 Å². The highest BCUT2D eigenvalue weighted by molar-refractivity contribution is 5.98. The van der Waals surface area contributed by atoms with Crippen molar-refractivity contribution in [3.05, 3.63) is 142 Å². The zero-order valence-electron chi connectivity index (χ0n) is 26.1. The molecular formula is C37H41F2N3O3. The van der Waals surface area contributed by atoms with Gasteiger partial charge in [-0.15, -0.1) is 0 Å². The van der Waals surface area contributed by atoms with Gasteiger partial charge in [0.2, 0.25) is 0 Å². The second kappa shape index (κ2) is 16.1. The van der Waals surface area contributed by atoms with Gasteiger partial charge in [0, 0.05) is 44.4 Å². The van der Waals surface area contributed by atoms with Crippen molar-refractivity contribution in [2.75, 3.05) is 20.1 Å². The molecule has 0 unspecified atom stereocenters. The molecule has 0 heterocycles. The first kappa shape index (κ1) is 33.5. The third kappa shape index (κ3) is 10.1. The SMILES string of the molecule is CCc1cccc(CNC[C@@H](OC(=O)c2cc(C)cc(C(=O)N(C)CCc3ccccc3)c2)[C@@H](N)Cc2cc(F)cc(F)c2)c1. The Bertz CT molecular complexity index is 1580. The second-order valence-corrected chi connectivity index (χ2v) is 11.4. The first-order valence-electron chi connectivity index (χ1n) is 15.2. The minimum atomic E-state index is -0.827. The number of halogens is 2. The minimum Gasteiger partial charge on any atom is -0.456 e. The number of carbonyl (C=O) groups is 2. The third-order valence-electron chi connectivity index (χ3n) is 7.69. The zero-order chi connectivity index (χ0) is 32.3. The standard InChI is InChI=1S/C37H41F2N3O3/c1-4-26-11-8-12-28(17-26)23-41-24-35(34(40)20-29-18-32(38)22-33(39)19-29)45-37(44)31-16-25(2)15-30(21-31)36(43)42(3)14-13-27-9-6-5-7-10-27/h5-12,15-19,21-22,34-35,41H,4,13-14,20,23-24,40H2,1-3H3/t34-,35+/m0/s1. The van der Waals surface area contributed by atoms with Gasteiger partial charge in [0.1, 0.15) is 17.7 Å². The molecule has 236 valence electrons. The van der Waals surface area contributed by atoms with Crippen LogP contribution in [-0.4, -0.2) is 49.1 Å². The largest absolute Gasteiger partial charge is 0.456 e. The number of amides is 1. The Kier molecular flexibility index (Phi) is 12.0. The number of hydrogen-bond donors (Lipinski definition) is 2. The number of nitrogens with two attached hydrogens (primary N) is 1. The van der Waals surface area contributed by atoms with E-state index in [0.717, 1.165) is 29.2 Å². The van der Waals surface area contributed by atoms with Crippen molar-refractivity contribution in [2.24, 2.45) is 5.73 Å². The summed E-state index contributed by atoms with van der Waals surface area (Å²) in [6, 6.07) is 25.5. The number of aryl methyl sites for hydroxylation is 2. The molecule has 8 heteroatoms. The predicted molar refractivity (Wildman–Crippen MR) is 173 cm³/mol. The number of nitrogens with zero attached hydrogens (tertiary/aromatic N) is 1. The number of esters is 1. The van der Waals surface area contributed by atoms with Crippen molar-refractivity contribution < 1.29 is 23.1 Å². The van der Waals surface area contributed by atoms with E-state index in [4.69, 9.17) is 10.5 Å². The fourth-order valence-corrected chi connectivity index (χ4v) is 5.22. The summed E-state index contributed by atoms with van der Waals surface area (Å²) in [5, 5.41) is 3.32. The molecule has 4 aromatic carbocycles. The van der Waals surface area contributed by atoms with E-state index in [9.17, 15) is 18.4 Å². The van der Waals surface area contributed by atoms with Crippen LogP contribution >= 0.6 is 0 Å². The van der Waals surface area contributed by atoms with Crippen molar-refractivity contribution >= 4 is 11.9 Å². The first-order valence-corrected chi connectivity index (χ1v) is 15.2. The Morgan fingerprint density at radius 1 is 0.844 bits per heavy atom. The lowest BCUT2D eigenvalue weighted by Gasteiger charge is -2.25. The van der Waals surface area contributed by atoms with Gasteiger partial charge in [-0.25, -0.2) is 13.6 Å². The summed E-state index contributed by atoms with van der Waals surface area (Å²) in [5.41, 5.74) is 11.6. The number of carbonyl (C=O) groups excluding carboxylic acids is 2. The molecule has 0 spiro atoms. The highest BCUT2D eigenvalue weighted by Gasteiger charge is 2.25. The van der Waals surface area contributed by atoms with Crippen LogP contribution in [0.25, 0.3) is 0 Å². The second-order valence-electron chi connectivity index (χ2n) is 11.4. The normalized spacial score (nSPS) is 12.4. The summed E-state index contributed by atoms with van der Waals surface area (Å²) in [6.07, 6.45) is 0.872. The molecule has 0 aromatic heterocycles. The molecule has 0 aliphatic heterocycles. The number of nitrogens with one attached hydrogen (secondary N) is 1. The maximum absolute atomic E-state index is 13.9. The molecule has 0 saturated heterocycles. The maximum Gasteiger partial charge on any atom is 0.338 e. The monoisotopic (exact) mass is 613 g/mol. The Morgan fingerprint density at radius 3 is 2.22 bits per heavy atom. The third-order valence-corrected chi connectivity index (χ3v) is 7.69. The lowest BCUT2D eigenvalue weighted by atomic mass is 10.0. The Morgan fingerprint density at radius 2 is 1.51 bits per heavy atom.